The fourth-order valence-electron chi connectivity index (χ4n) is 1.47. The molecule has 0 aliphatic rings. The molecule has 0 bridgehead atoms. The molecule has 3 heteroatoms. The molecule has 0 fully saturated rings. The maximum absolute atomic E-state index is 11.4. The van der Waals surface area contributed by atoms with Crippen LogP contribution in [0.5, 0.6) is 0 Å². The Morgan fingerprint density at radius 3 is 2.19 bits per heavy atom. The Labute approximate surface area is 106 Å². The predicted octanol–water partition coefficient (Wildman–Crippen LogP) is 3.50. The highest BCUT2D eigenvalue weighted by molar-refractivity contribution is 9.10. The largest absolute Gasteiger partial charge is 0.330 e. The van der Waals surface area contributed by atoms with Crippen molar-refractivity contribution in [3.8, 4) is 0 Å². The van der Waals surface area contributed by atoms with E-state index in [0.29, 0.717) is 6.54 Å². The fourth-order valence-corrected chi connectivity index (χ4v) is 1.73. The standard InChI is InChI=1S/C11H14BrNO.C2H6/c1-8(14)11(6-7-13)9-2-4-10(12)5-3-9;1-2/h2-5,11H,6-7,13H2,1H3;1-2H3. The van der Waals surface area contributed by atoms with Crippen LogP contribution >= 0.6 is 15.9 Å². The van der Waals surface area contributed by atoms with Gasteiger partial charge in [0, 0.05) is 10.4 Å². The van der Waals surface area contributed by atoms with Crippen molar-refractivity contribution >= 4 is 21.7 Å². The van der Waals surface area contributed by atoms with Crippen LogP contribution in [0.4, 0.5) is 0 Å². The van der Waals surface area contributed by atoms with E-state index in [-0.39, 0.29) is 11.7 Å². The smallest absolute Gasteiger partial charge is 0.137 e. The van der Waals surface area contributed by atoms with Crippen molar-refractivity contribution in [1.82, 2.24) is 0 Å². The van der Waals surface area contributed by atoms with E-state index in [1.165, 1.54) is 0 Å². The lowest BCUT2D eigenvalue weighted by Gasteiger charge is -2.12. The van der Waals surface area contributed by atoms with Crippen molar-refractivity contribution in [2.45, 2.75) is 33.1 Å². The molecular formula is C13H20BrNO. The predicted molar refractivity (Wildman–Crippen MR) is 72.6 cm³/mol. The average molecular weight is 286 g/mol. The molecule has 90 valence electrons. The molecule has 1 unspecified atom stereocenters. The molecule has 2 nitrogen and oxygen atoms in total. The number of benzene rings is 1. The van der Waals surface area contributed by atoms with E-state index in [1.807, 2.05) is 38.1 Å². The molecule has 0 aliphatic heterocycles. The van der Waals surface area contributed by atoms with Crippen molar-refractivity contribution in [3.63, 3.8) is 0 Å². The third-order valence-electron chi connectivity index (χ3n) is 2.22. The number of rotatable bonds is 4. The zero-order valence-electron chi connectivity index (χ0n) is 10.2. The zero-order chi connectivity index (χ0) is 12.6. The molecular weight excluding hydrogens is 266 g/mol. The van der Waals surface area contributed by atoms with Gasteiger partial charge < -0.3 is 5.73 Å². The molecule has 0 amide bonds. The highest BCUT2D eigenvalue weighted by Crippen LogP contribution is 2.22. The normalized spacial score (nSPS) is 11.3. The molecule has 0 heterocycles. The van der Waals surface area contributed by atoms with E-state index >= 15 is 0 Å². The lowest BCUT2D eigenvalue weighted by Crippen LogP contribution is -2.14. The summed E-state index contributed by atoms with van der Waals surface area (Å²) in [5, 5.41) is 0. The molecule has 1 aromatic carbocycles. The van der Waals surface area contributed by atoms with Gasteiger partial charge in [0.25, 0.3) is 0 Å². The van der Waals surface area contributed by atoms with Crippen LogP contribution < -0.4 is 5.73 Å². The first-order valence-corrected chi connectivity index (χ1v) is 6.40. The Balaban J connectivity index is 0.00000106. The third kappa shape index (κ3) is 4.90. The number of nitrogens with two attached hydrogens (primary N) is 1. The van der Waals surface area contributed by atoms with E-state index in [0.717, 1.165) is 16.5 Å². The molecule has 0 spiro atoms. The Morgan fingerprint density at radius 1 is 1.31 bits per heavy atom. The minimum atomic E-state index is -0.0481. The van der Waals surface area contributed by atoms with Gasteiger partial charge in [-0.2, -0.15) is 0 Å². The van der Waals surface area contributed by atoms with E-state index in [9.17, 15) is 4.79 Å². The summed E-state index contributed by atoms with van der Waals surface area (Å²) in [6.07, 6.45) is 0.719. The van der Waals surface area contributed by atoms with Crippen LogP contribution in [0.15, 0.2) is 28.7 Å². The second-order valence-corrected chi connectivity index (χ2v) is 4.21. The summed E-state index contributed by atoms with van der Waals surface area (Å²) in [6, 6.07) is 7.82. The Kier molecular flexibility index (Phi) is 8.12. The first-order valence-electron chi connectivity index (χ1n) is 5.61. The molecule has 0 aliphatic carbocycles. The van der Waals surface area contributed by atoms with Crippen molar-refractivity contribution in [1.29, 1.82) is 0 Å². The molecule has 2 N–H and O–H groups in total. The van der Waals surface area contributed by atoms with Crippen LogP contribution in [0.3, 0.4) is 0 Å². The van der Waals surface area contributed by atoms with Gasteiger partial charge in [-0.3, -0.25) is 4.79 Å². The fraction of sp³-hybridized carbons (Fsp3) is 0.462. The second kappa shape index (κ2) is 8.48. The topological polar surface area (TPSA) is 43.1 Å². The van der Waals surface area contributed by atoms with E-state index in [4.69, 9.17) is 5.73 Å². The number of hydrogen-bond acceptors (Lipinski definition) is 2. The van der Waals surface area contributed by atoms with Gasteiger partial charge in [0.1, 0.15) is 5.78 Å². The third-order valence-corrected chi connectivity index (χ3v) is 2.75. The number of ketones is 1. The highest BCUT2D eigenvalue weighted by atomic mass is 79.9. The molecule has 1 rings (SSSR count). The van der Waals surface area contributed by atoms with Crippen molar-refractivity contribution in [3.05, 3.63) is 34.3 Å². The summed E-state index contributed by atoms with van der Waals surface area (Å²) in [4.78, 5) is 11.4. The van der Waals surface area contributed by atoms with Crippen LogP contribution in [0.25, 0.3) is 0 Å². The number of halogens is 1. The first kappa shape index (κ1) is 15.3. The van der Waals surface area contributed by atoms with Gasteiger partial charge in [0.2, 0.25) is 0 Å². The van der Waals surface area contributed by atoms with Gasteiger partial charge in [0.05, 0.1) is 0 Å². The summed E-state index contributed by atoms with van der Waals surface area (Å²) in [7, 11) is 0. The number of carbonyl (C=O) groups is 1. The van der Waals surface area contributed by atoms with Crippen LogP contribution in [-0.2, 0) is 4.79 Å². The van der Waals surface area contributed by atoms with Crippen LogP contribution in [0, 0.1) is 0 Å². The minimum Gasteiger partial charge on any atom is -0.330 e. The van der Waals surface area contributed by atoms with Crippen LogP contribution in [0.2, 0.25) is 0 Å². The summed E-state index contributed by atoms with van der Waals surface area (Å²) in [5.74, 6) is 0.130. The van der Waals surface area contributed by atoms with Gasteiger partial charge >= 0.3 is 0 Å². The highest BCUT2D eigenvalue weighted by Gasteiger charge is 2.15. The van der Waals surface area contributed by atoms with Crippen molar-refractivity contribution < 1.29 is 4.79 Å². The van der Waals surface area contributed by atoms with Gasteiger partial charge in [-0.05, 0) is 37.6 Å². The molecule has 0 saturated carbocycles. The molecule has 0 saturated heterocycles. The molecule has 0 radical (unpaired) electrons. The summed E-state index contributed by atoms with van der Waals surface area (Å²) >= 11 is 3.36. The average Bonchev–Trinajstić information content (AvgIpc) is 2.30. The summed E-state index contributed by atoms with van der Waals surface area (Å²) in [5.41, 5.74) is 6.52. The summed E-state index contributed by atoms with van der Waals surface area (Å²) < 4.78 is 1.02. The van der Waals surface area contributed by atoms with Crippen LogP contribution in [-0.4, -0.2) is 12.3 Å². The van der Waals surface area contributed by atoms with Gasteiger partial charge in [0.15, 0.2) is 0 Å². The minimum absolute atomic E-state index is 0.0481. The van der Waals surface area contributed by atoms with Crippen molar-refractivity contribution in [2.24, 2.45) is 5.73 Å². The lowest BCUT2D eigenvalue weighted by molar-refractivity contribution is -0.118. The number of hydrogen-bond donors (Lipinski definition) is 1. The van der Waals surface area contributed by atoms with Gasteiger partial charge in [-0.25, -0.2) is 0 Å². The Morgan fingerprint density at radius 2 is 1.81 bits per heavy atom. The maximum Gasteiger partial charge on any atom is 0.137 e. The number of carbonyl (C=O) groups excluding carboxylic acids is 1. The second-order valence-electron chi connectivity index (χ2n) is 3.29. The Hall–Kier alpha value is -0.670. The maximum atomic E-state index is 11.4. The Bertz CT molecular complexity index is 308. The molecule has 16 heavy (non-hydrogen) atoms. The molecule has 1 atom stereocenters. The van der Waals surface area contributed by atoms with E-state index < -0.39 is 0 Å². The van der Waals surface area contributed by atoms with E-state index in [2.05, 4.69) is 15.9 Å². The van der Waals surface area contributed by atoms with Crippen LogP contribution in [0.1, 0.15) is 38.7 Å². The monoisotopic (exact) mass is 285 g/mol. The zero-order valence-corrected chi connectivity index (χ0v) is 11.8. The van der Waals surface area contributed by atoms with Gasteiger partial charge in [-0.1, -0.05) is 41.9 Å². The van der Waals surface area contributed by atoms with Crippen molar-refractivity contribution in [2.75, 3.05) is 6.54 Å². The lowest BCUT2D eigenvalue weighted by atomic mass is 9.92. The SMILES string of the molecule is CC.CC(=O)C(CCN)c1ccc(Br)cc1. The van der Waals surface area contributed by atoms with Gasteiger partial charge in [-0.15, -0.1) is 0 Å². The van der Waals surface area contributed by atoms with E-state index in [1.54, 1.807) is 6.92 Å². The number of Topliss-reactive ketones (excluding diaryl/α,β-unsaturated/α-hetero) is 1. The first-order chi connectivity index (χ1) is 7.65. The molecule has 1 aromatic rings. The molecule has 0 aromatic heterocycles. The quantitative estimate of drug-likeness (QED) is 0.920. The summed E-state index contributed by atoms with van der Waals surface area (Å²) in [6.45, 7) is 6.16.